The zero-order valence-electron chi connectivity index (χ0n) is 5.96. The summed E-state index contributed by atoms with van der Waals surface area (Å²) >= 11 is 0. The van der Waals surface area contributed by atoms with Gasteiger partial charge in [0.2, 0.25) is 0 Å². The fourth-order valence-corrected chi connectivity index (χ4v) is 1.42. The lowest BCUT2D eigenvalue weighted by Gasteiger charge is -2.02. The van der Waals surface area contributed by atoms with Crippen molar-refractivity contribution in [1.82, 2.24) is 0 Å². The second-order valence-electron chi connectivity index (χ2n) is 2.44. The molecule has 0 amide bonds. The zero-order chi connectivity index (χ0) is 6.62. The molecule has 0 aromatic heterocycles. The monoisotopic (exact) mass is 171 g/mol. The first-order valence-electron chi connectivity index (χ1n) is 2.80. The fraction of sp³-hybridized carbons (Fsp3) is 1.00. The zero-order valence-corrected chi connectivity index (χ0v) is 7.67. The Labute approximate surface area is 63.0 Å². The van der Waals surface area contributed by atoms with Crippen molar-refractivity contribution < 1.29 is 4.57 Å². The molecule has 0 unspecified atom stereocenters. The van der Waals surface area contributed by atoms with Crippen LogP contribution in [0.15, 0.2) is 0 Å². The van der Waals surface area contributed by atoms with Crippen LogP contribution in [-0.4, -0.2) is 26.0 Å². The highest BCUT2D eigenvalue weighted by Gasteiger charge is 2.03. The van der Waals surface area contributed by atoms with Crippen molar-refractivity contribution in [1.29, 1.82) is 0 Å². The lowest BCUT2D eigenvalue weighted by Crippen LogP contribution is -2.01. The van der Waals surface area contributed by atoms with Crippen LogP contribution in [0.1, 0.15) is 6.42 Å². The topological polar surface area (TPSA) is 43.1 Å². The van der Waals surface area contributed by atoms with E-state index < -0.39 is 7.14 Å². The van der Waals surface area contributed by atoms with E-state index in [2.05, 4.69) is 0 Å². The second kappa shape index (κ2) is 5.28. The van der Waals surface area contributed by atoms with E-state index in [0.717, 1.165) is 12.6 Å². The smallest absolute Gasteiger partial charge is 0.0819 e. The van der Waals surface area contributed by atoms with Crippen molar-refractivity contribution in [3.05, 3.63) is 0 Å². The third kappa shape index (κ3) is 11.9. The highest BCUT2D eigenvalue weighted by atomic mass is 35.5. The third-order valence-corrected chi connectivity index (χ3v) is 2.29. The Morgan fingerprint density at radius 1 is 1.44 bits per heavy atom. The third-order valence-electron chi connectivity index (χ3n) is 0.901. The summed E-state index contributed by atoms with van der Waals surface area (Å²) < 4.78 is 10.9. The van der Waals surface area contributed by atoms with Crippen LogP contribution in [0.25, 0.3) is 0 Å². The van der Waals surface area contributed by atoms with Crippen molar-refractivity contribution >= 4 is 19.5 Å². The van der Waals surface area contributed by atoms with E-state index in [4.69, 9.17) is 5.73 Å². The van der Waals surface area contributed by atoms with E-state index in [1.165, 1.54) is 0 Å². The van der Waals surface area contributed by atoms with Crippen molar-refractivity contribution in [2.45, 2.75) is 6.42 Å². The average Bonchev–Trinajstić information content (AvgIpc) is 1.59. The van der Waals surface area contributed by atoms with Crippen LogP contribution in [-0.2, 0) is 4.57 Å². The van der Waals surface area contributed by atoms with Gasteiger partial charge in [-0.05, 0) is 26.3 Å². The minimum atomic E-state index is -1.76. The predicted molar refractivity (Wildman–Crippen MR) is 45.2 cm³/mol. The standard InChI is InChI=1S/C5H14NOP.ClH/c1-8(2,7)5-3-4-6;/h3-6H2,1-2H3;1H. The average molecular weight is 172 g/mol. The number of nitrogens with two attached hydrogens (primary N) is 1. The Morgan fingerprint density at radius 3 is 2.00 bits per heavy atom. The first-order valence-corrected chi connectivity index (χ1v) is 5.59. The summed E-state index contributed by atoms with van der Waals surface area (Å²) in [6.45, 7) is 4.25. The van der Waals surface area contributed by atoms with Crippen LogP contribution in [0.5, 0.6) is 0 Å². The molecule has 0 bridgehead atoms. The number of hydrogen-bond donors (Lipinski definition) is 1. The summed E-state index contributed by atoms with van der Waals surface area (Å²) in [5.41, 5.74) is 5.21. The van der Waals surface area contributed by atoms with E-state index in [1.807, 2.05) is 0 Å². The molecule has 0 saturated carbocycles. The highest BCUT2D eigenvalue weighted by molar-refractivity contribution is 7.62. The van der Waals surface area contributed by atoms with E-state index >= 15 is 0 Å². The molecule has 0 radical (unpaired) electrons. The van der Waals surface area contributed by atoms with Crippen molar-refractivity contribution in [2.75, 3.05) is 26.0 Å². The maximum absolute atomic E-state index is 10.9. The number of rotatable bonds is 3. The van der Waals surface area contributed by atoms with Gasteiger partial charge in [0.05, 0.1) is 7.14 Å². The molecule has 0 aliphatic rings. The Balaban J connectivity index is 0. The summed E-state index contributed by atoms with van der Waals surface area (Å²) in [6, 6.07) is 0. The van der Waals surface area contributed by atoms with Gasteiger partial charge in [-0.2, -0.15) is 0 Å². The molecular formula is C5H15ClNOP. The van der Waals surface area contributed by atoms with Crippen molar-refractivity contribution in [2.24, 2.45) is 5.73 Å². The van der Waals surface area contributed by atoms with Gasteiger partial charge in [-0.25, -0.2) is 0 Å². The van der Waals surface area contributed by atoms with Gasteiger partial charge in [0.1, 0.15) is 0 Å². The van der Waals surface area contributed by atoms with Gasteiger partial charge in [-0.15, -0.1) is 12.4 Å². The van der Waals surface area contributed by atoms with Gasteiger partial charge in [-0.1, -0.05) is 0 Å². The van der Waals surface area contributed by atoms with Gasteiger partial charge >= 0.3 is 0 Å². The molecule has 0 aliphatic heterocycles. The first kappa shape index (κ1) is 12.2. The minimum absolute atomic E-state index is 0. The molecule has 0 spiro atoms. The molecule has 2 nitrogen and oxygen atoms in total. The van der Waals surface area contributed by atoms with Gasteiger partial charge in [0, 0.05) is 6.16 Å². The lowest BCUT2D eigenvalue weighted by molar-refractivity contribution is 0.581. The van der Waals surface area contributed by atoms with E-state index in [0.29, 0.717) is 6.54 Å². The molecule has 0 atom stereocenters. The van der Waals surface area contributed by atoms with Gasteiger partial charge in [0.25, 0.3) is 0 Å². The minimum Gasteiger partial charge on any atom is -0.330 e. The quantitative estimate of drug-likeness (QED) is 0.652. The normalized spacial score (nSPS) is 10.6. The molecule has 0 aliphatic carbocycles. The molecule has 0 saturated heterocycles. The van der Waals surface area contributed by atoms with Gasteiger partial charge in [0.15, 0.2) is 0 Å². The Hall–Kier alpha value is 0.480. The molecule has 2 N–H and O–H groups in total. The maximum Gasteiger partial charge on any atom is 0.0819 e. The number of hydrogen-bond acceptors (Lipinski definition) is 2. The molecule has 9 heavy (non-hydrogen) atoms. The highest BCUT2D eigenvalue weighted by Crippen LogP contribution is 2.35. The summed E-state index contributed by atoms with van der Waals surface area (Å²) in [7, 11) is -1.76. The van der Waals surface area contributed by atoms with Crippen LogP contribution in [0.3, 0.4) is 0 Å². The SMILES string of the molecule is CP(C)(=O)CCCN.Cl. The van der Waals surface area contributed by atoms with Gasteiger partial charge < -0.3 is 10.3 Å². The van der Waals surface area contributed by atoms with Crippen LogP contribution in [0.2, 0.25) is 0 Å². The maximum atomic E-state index is 10.9. The predicted octanol–water partition coefficient (Wildman–Crippen LogP) is 1.38. The largest absolute Gasteiger partial charge is 0.330 e. The van der Waals surface area contributed by atoms with Gasteiger partial charge in [-0.3, -0.25) is 0 Å². The summed E-state index contributed by atoms with van der Waals surface area (Å²) in [6.07, 6.45) is 1.69. The number of halogens is 1. The lowest BCUT2D eigenvalue weighted by atomic mass is 10.5. The molecule has 0 rings (SSSR count). The Morgan fingerprint density at radius 2 is 1.89 bits per heavy atom. The molecule has 58 valence electrons. The Kier molecular flexibility index (Phi) is 7.15. The molecule has 0 aromatic rings. The van der Waals surface area contributed by atoms with E-state index in [9.17, 15) is 4.57 Å². The summed E-state index contributed by atoms with van der Waals surface area (Å²) in [4.78, 5) is 0. The van der Waals surface area contributed by atoms with Crippen LogP contribution in [0.4, 0.5) is 0 Å². The van der Waals surface area contributed by atoms with Crippen molar-refractivity contribution in [3.8, 4) is 0 Å². The molecule has 0 fully saturated rings. The second-order valence-corrected chi connectivity index (χ2v) is 6.03. The summed E-state index contributed by atoms with van der Waals surface area (Å²) in [5.74, 6) is 0. The fourth-order valence-electron chi connectivity index (χ4n) is 0.472. The molecule has 4 heteroatoms. The molecule has 0 heterocycles. The van der Waals surface area contributed by atoms with E-state index in [1.54, 1.807) is 13.3 Å². The molecular weight excluding hydrogens is 156 g/mol. The Bertz CT molecular complexity index is 101. The van der Waals surface area contributed by atoms with Crippen LogP contribution in [0, 0.1) is 0 Å². The van der Waals surface area contributed by atoms with Crippen molar-refractivity contribution in [3.63, 3.8) is 0 Å². The molecule has 0 aromatic carbocycles. The van der Waals surface area contributed by atoms with E-state index in [-0.39, 0.29) is 12.4 Å². The van der Waals surface area contributed by atoms with Crippen LogP contribution >= 0.6 is 19.5 Å². The van der Waals surface area contributed by atoms with Crippen LogP contribution < -0.4 is 5.73 Å². The first-order chi connectivity index (χ1) is 3.56. The summed E-state index contributed by atoms with van der Waals surface area (Å²) in [5, 5.41) is 0.